The van der Waals surface area contributed by atoms with Crippen molar-refractivity contribution in [1.29, 1.82) is 0 Å². The fourth-order valence-corrected chi connectivity index (χ4v) is 3.73. The van der Waals surface area contributed by atoms with Gasteiger partial charge < -0.3 is 14.9 Å². The number of carbonyl (C=O) groups excluding carboxylic acids is 1. The summed E-state index contributed by atoms with van der Waals surface area (Å²) < 4.78 is 0. The molecule has 29 heavy (non-hydrogen) atoms. The van der Waals surface area contributed by atoms with Crippen LogP contribution >= 0.6 is 31.9 Å². The number of non-ortho nitro benzene ring substituents is 1. The molecule has 0 heterocycles. The number of aliphatic hydroxyl groups excluding tert-OH is 1. The van der Waals surface area contributed by atoms with Gasteiger partial charge in [0.2, 0.25) is 0 Å². The number of rotatable bonds is 13. The number of carbonyl (C=O) groups is 1. The van der Waals surface area contributed by atoms with Crippen LogP contribution in [-0.4, -0.2) is 69.2 Å². The molecule has 12 heteroatoms. The van der Waals surface area contributed by atoms with E-state index in [0.29, 0.717) is 49.7 Å². The molecule has 0 radical (unpaired) electrons. The largest absolute Gasteiger partial charge is 0.396 e. The van der Waals surface area contributed by atoms with Crippen LogP contribution in [0.5, 0.6) is 0 Å². The lowest BCUT2D eigenvalue weighted by Gasteiger charge is -2.27. The van der Waals surface area contributed by atoms with Crippen LogP contribution in [0.15, 0.2) is 12.1 Å². The molecule has 1 aromatic rings. The van der Waals surface area contributed by atoms with Gasteiger partial charge in [0.05, 0.1) is 21.5 Å². The Morgan fingerprint density at radius 1 is 1.07 bits per heavy atom. The van der Waals surface area contributed by atoms with Crippen molar-refractivity contribution in [2.45, 2.75) is 19.8 Å². The maximum Gasteiger partial charge on any atom is 0.300 e. The van der Waals surface area contributed by atoms with Crippen LogP contribution in [-0.2, 0) is 0 Å². The number of nitro benzene ring substituents is 2. The first-order chi connectivity index (χ1) is 13.8. The molecule has 0 fully saturated rings. The third-order valence-electron chi connectivity index (χ3n) is 4.24. The highest BCUT2D eigenvalue weighted by molar-refractivity contribution is 9.09. The number of hydrogen-bond acceptors (Lipinski definition) is 7. The summed E-state index contributed by atoms with van der Waals surface area (Å²) in [6.07, 6.45) is 1.06. The molecule has 0 aromatic heterocycles. The normalized spacial score (nSPS) is 10.6. The molecule has 0 aliphatic heterocycles. The number of nitrogens with zero attached hydrogens (tertiary/aromatic N) is 4. The standard InChI is InChI=1S/C17H24Br2N4O6/c1-2-20(7-3-4-10-24)17(25)14-11-13(22(26)27)12-15(23(28)29)16(14)21(8-5-18)9-6-19/h11-12,24H,2-10H2,1H3. The van der Waals surface area contributed by atoms with E-state index in [2.05, 4.69) is 31.9 Å². The molecule has 1 N–H and O–H groups in total. The van der Waals surface area contributed by atoms with Crippen molar-refractivity contribution < 1.29 is 19.7 Å². The third-order valence-corrected chi connectivity index (χ3v) is 4.95. The van der Waals surface area contributed by atoms with Gasteiger partial charge in [-0.05, 0) is 19.8 Å². The van der Waals surface area contributed by atoms with E-state index in [4.69, 9.17) is 5.11 Å². The predicted octanol–water partition coefficient (Wildman–Crippen LogP) is 3.33. The Labute approximate surface area is 185 Å². The molecule has 0 spiro atoms. The first kappa shape index (κ1) is 25.2. The smallest absolute Gasteiger partial charge is 0.300 e. The second kappa shape index (κ2) is 12.7. The average molecular weight is 540 g/mol. The first-order valence-electron chi connectivity index (χ1n) is 9.06. The van der Waals surface area contributed by atoms with Crippen LogP contribution in [0.3, 0.4) is 0 Å². The van der Waals surface area contributed by atoms with E-state index < -0.39 is 27.1 Å². The van der Waals surface area contributed by atoms with Crippen molar-refractivity contribution in [3.63, 3.8) is 0 Å². The highest BCUT2D eigenvalue weighted by Gasteiger charge is 2.32. The summed E-state index contributed by atoms with van der Waals surface area (Å²) >= 11 is 6.62. The Bertz CT molecular complexity index is 728. The molecular formula is C17H24Br2N4O6. The lowest BCUT2D eigenvalue weighted by molar-refractivity contribution is -0.393. The van der Waals surface area contributed by atoms with Gasteiger partial charge in [-0.2, -0.15) is 0 Å². The minimum absolute atomic E-state index is 0.0104. The van der Waals surface area contributed by atoms with Crippen molar-refractivity contribution in [1.82, 2.24) is 4.90 Å². The van der Waals surface area contributed by atoms with E-state index in [0.717, 1.165) is 12.1 Å². The predicted molar refractivity (Wildman–Crippen MR) is 117 cm³/mol. The molecule has 1 aromatic carbocycles. The number of halogens is 2. The van der Waals surface area contributed by atoms with Crippen LogP contribution in [0.1, 0.15) is 30.1 Å². The van der Waals surface area contributed by atoms with Gasteiger partial charge in [-0.1, -0.05) is 31.9 Å². The summed E-state index contributed by atoms with van der Waals surface area (Å²) in [5, 5.41) is 33.0. The lowest BCUT2D eigenvalue weighted by Crippen LogP contribution is -2.35. The molecule has 1 amide bonds. The summed E-state index contributed by atoms with van der Waals surface area (Å²) in [6.45, 7) is 3.17. The first-order valence-corrected chi connectivity index (χ1v) is 11.3. The summed E-state index contributed by atoms with van der Waals surface area (Å²) in [5.41, 5.74) is -0.979. The third kappa shape index (κ3) is 6.89. The second-order valence-corrected chi connectivity index (χ2v) is 7.64. The Kier molecular flexibility index (Phi) is 11.1. The van der Waals surface area contributed by atoms with Crippen molar-refractivity contribution in [2.24, 2.45) is 0 Å². The SMILES string of the molecule is CCN(CCCCO)C(=O)c1cc([N+](=O)[O-])cc([N+](=O)[O-])c1N(CCBr)CCBr. The van der Waals surface area contributed by atoms with Crippen molar-refractivity contribution in [3.05, 3.63) is 37.9 Å². The lowest BCUT2D eigenvalue weighted by atomic mass is 10.1. The molecule has 0 unspecified atom stereocenters. The Morgan fingerprint density at radius 3 is 2.14 bits per heavy atom. The van der Waals surface area contributed by atoms with Gasteiger partial charge in [-0.3, -0.25) is 25.0 Å². The molecule has 0 aliphatic carbocycles. The van der Waals surface area contributed by atoms with E-state index in [-0.39, 0.29) is 17.9 Å². The van der Waals surface area contributed by atoms with Crippen LogP contribution in [0.2, 0.25) is 0 Å². The maximum atomic E-state index is 13.2. The zero-order valence-corrected chi connectivity index (χ0v) is 19.2. The number of alkyl halides is 2. The van der Waals surface area contributed by atoms with Crippen LogP contribution in [0, 0.1) is 20.2 Å². The van der Waals surface area contributed by atoms with Gasteiger partial charge in [0.1, 0.15) is 5.69 Å². The Morgan fingerprint density at radius 2 is 1.69 bits per heavy atom. The fraction of sp³-hybridized carbons (Fsp3) is 0.588. The highest BCUT2D eigenvalue weighted by Crippen LogP contribution is 2.37. The summed E-state index contributed by atoms with van der Waals surface area (Å²) in [6, 6.07) is 2.00. The van der Waals surface area contributed by atoms with Crippen molar-refractivity contribution in [3.8, 4) is 0 Å². The van der Waals surface area contributed by atoms with E-state index in [1.54, 1.807) is 11.8 Å². The minimum atomic E-state index is -0.741. The molecule has 10 nitrogen and oxygen atoms in total. The van der Waals surface area contributed by atoms with Gasteiger partial charge in [-0.25, -0.2) is 0 Å². The molecular weight excluding hydrogens is 516 g/mol. The Balaban J connectivity index is 3.63. The van der Waals surface area contributed by atoms with E-state index >= 15 is 0 Å². The number of benzene rings is 1. The van der Waals surface area contributed by atoms with Crippen molar-refractivity contribution >= 4 is 54.8 Å². The Hall–Kier alpha value is -1.79. The number of amides is 1. The topological polar surface area (TPSA) is 130 Å². The van der Waals surface area contributed by atoms with Crippen molar-refractivity contribution in [2.75, 3.05) is 48.3 Å². The van der Waals surface area contributed by atoms with Crippen LogP contribution in [0.4, 0.5) is 17.1 Å². The highest BCUT2D eigenvalue weighted by atomic mass is 79.9. The molecule has 0 atom stereocenters. The number of anilines is 1. The summed E-state index contributed by atoms with van der Waals surface area (Å²) in [5.74, 6) is -0.513. The maximum absolute atomic E-state index is 13.2. The molecule has 0 bridgehead atoms. The van der Waals surface area contributed by atoms with E-state index in [1.807, 2.05) is 0 Å². The second-order valence-electron chi connectivity index (χ2n) is 6.06. The van der Waals surface area contributed by atoms with Gasteiger partial charge in [0.25, 0.3) is 17.3 Å². The summed E-state index contributed by atoms with van der Waals surface area (Å²) in [7, 11) is 0. The minimum Gasteiger partial charge on any atom is -0.396 e. The zero-order chi connectivity index (χ0) is 22.0. The average Bonchev–Trinajstić information content (AvgIpc) is 2.69. The molecule has 0 aliphatic rings. The van der Waals surface area contributed by atoms with Gasteiger partial charge in [0, 0.05) is 49.5 Å². The van der Waals surface area contributed by atoms with E-state index in [9.17, 15) is 25.0 Å². The van der Waals surface area contributed by atoms with Gasteiger partial charge >= 0.3 is 0 Å². The van der Waals surface area contributed by atoms with Gasteiger partial charge in [0.15, 0.2) is 0 Å². The molecule has 0 saturated heterocycles. The quantitative estimate of drug-likeness (QED) is 0.176. The number of hydrogen-bond donors (Lipinski definition) is 1. The van der Waals surface area contributed by atoms with E-state index in [1.165, 1.54) is 4.90 Å². The monoisotopic (exact) mass is 538 g/mol. The number of unbranched alkanes of at least 4 members (excludes halogenated alkanes) is 1. The fourth-order valence-electron chi connectivity index (χ4n) is 2.87. The molecule has 162 valence electrons. The molecule has 0 saturated carbocycles. The summed E-state index contributed by atoms with van der Waals surface area (Å²) in [4.78, 5) is 38.0. The number of nitro groups is 2. The van der Waals surface area contributed by atoms with Gasteiger partial charge in [-0.15, -0.1) is 0 Å². The van der Waals surface area contributed by atoms with Crippen LogP contribution < -0.4 is 4.90 Å². The van der Waals surface area contributed by atoms with Crippen LogP contribution in [0.25, 0.3) is 0 Å². The zero-order valence-electron chi connectivity index (χ0n) is 16.1. The molecule has 1 rings (SSSR count). The number of aliphatic hydroxyl groups is 1.